The van der Waals surface area contributed by atoms with E-state index in [-0.39, 0.29) is 24.9 Å². The minimum Gasteiger partial charge on any atom is -0.464 e. The summed E-state index contributed by atoms with van der Waals surface area (Å²) in [4.78, 5) is 32.5. The fourth-order valence-electron chi connectivity index (χ4n) is 2.65. The summed E-state index contributed by atoms with van der Waals surface area (Å²) in [6, 6.07) is 13.7. The van der Waals surface area contributed by atoms with Crippen LogP contribution in [-0.2, 0) is 27.2 Å². The third-order valence-corrected chi connectivity index (χ3v) is 5.12. The highest BCUT2D eigenvalue weighted by Gasteiger charge is 2.11. The molecule has 7 heteroatoms. The third kappa shape index (κ3) is 6.80. The van der Waals surface area contributed by atoms with Gasteiger partial charge in [0.15, 0.2) is 0 Å². The molecule has 1 amide bonds. The van der Waals surface area contributed by atoms with Crippen molar-refractivity contribution in [2.24, 2.45) is 0 Å². The van der Waals surface area contributed by atoms with E-state index in [0.717, 1.165) is 16.3 Å². The lowest BCUT2D eigenvalue weighted by atomic mass is 10.1. The number of hydrogen-bond donors (Lipinski definition) is 1. The fourth-order valence-corrected chi connectivity index (χ4v) is 3.45. The first-order valence-corrected chi connectivity index (χ1v) is 10.3. The van der Waals surface area contributed by atoms with Crippen LogP contribution in [0.5, 0.6) is 0 Å². The van der Waals surface area contributed by atoms with Crippen molar-refractivity contribution in [2.45, 2.75) is 26.2 Å². The lowest BCUT2D eigenvalue weighted by Crippen LogP contribution is -2.28. The van der Waals surface area contributed by atoms with Crippen LogP contribution < -0.4 is 5.32 Å². The highest BCUT2D eigenvalue weighted by atomic mass is 32.1. The number of nitrogens with one attached hydrogen (secondary N) is 1. The molecule has 0 aliphatic carbocycles. The molecule has 0 atom stereocenters. The van der Waals surface area contributed by atoms with Gasteiger partial charge in [-0.15, -0.1) is 11.3 Å². The maximum Gasteiger partial charge on any atom is 0.311 e. The number of amides is 1. The normalized spacial score (nSPS) is 10.5. The van der Waals surface area contributed by atoms with E-state index in [0.29, 0.717) is 25.1 Å². The highest BCUT2D eigenvalue weighted by molar-refractivity contribution is 7.13. The van der Waals surface area contributed by atoms with Crippen molar-refractivity contribution in [3.63, 3.8) is 0 Å². The molecule has 1 N–H and O–H groups in total. The van der Waals surface area contributed by atoms with Gasteiger partial charge in [0.2, 0.25) is 5.91 Å². The summed E-state index contributed by atoms with van der Waals surface area (Å²) in [7, 11) is 0. The van der Waals surface area contributed by atoms with Crippen molar-refractivity contribution in [1.82, 2.24) is 15.3 Å². The second-order valence-electron chi connectivity index (χ2n) is 6.59. The number of aryl methyl sites for hydroxylation is 2. The van der Waals surface area contributed by atoms with Gasteiger partial charge in [-0.2, -0.15) is 0 Å². The lowest BCUT2D eigenvalue weighted by Gasteiger charge is -2.07. The zero-order chi connectivity index (χ0) is 20.5. The van der Waals surface area contributed by atoms with Crippen molar-refractivity contribution >= 4 is 23.2 Å². The Bertz CT molecular complexity index is 939. The number of carbonyl (C=O) groups is 2. The van der Waals surface area contributed by atoms with Crippen LogP contribution in [0.2, 0.25) is 0 Å². The topological polar surface area (TPSA) is 81.2 Å². The number of nitrogens with zero attached hydrogens (tertiary/aromatic N) is 2. The molecule has 0 unspecified atom stereocenters. The van der Waals surface area contributed by atoms with Crippen molar-refractivity contribution in [1.29, 1.82) is 0 Å². The van der Waals surface area contributed by atoms with E-state index in [1.807, 2.05) is 54.8 Å². The van der Waals surface area contributed by atoms with Crippen LogP contribution in [0.4, 0.5) is 0 Å². The number of benzene rings is 1. The minimum atomic E-state index is -0.364. The zero-order valence-electron chi connectivity index (χ0n) is 16.3. The van der Waals surface area contributed by atoms with Crippen LogP contribution in [0.1, 0.15) is 23.2 Å². The molecule has 0 saturated heterocycles. The molecule has 0 fully saturated rings. The Morgan fingerprint density at radius 1 is 1.14 bits per heavy atom. The van der Waals surface area contributed by atoms with Gasteiger partial charge in [-0.25, -0.2) is 4.98 Å². The SMILES string of the molecule is Cc1ccc(CCC(=O)NCCOC(=O)Cc2csc(-c3ccccn3)n2)cc1. The molecule has 1 aromatic carbocycles. The number of aromatic nitrogens is 2. The van der Waals surface area contributed by atoms with Crippen molar-refractivity contribution in [3.05, 3.63) is 70.9 Å². The molecule has 29 heavy (non-hydrogen) atoms. The first-order chi connectivity index (χ1) is 14.1. The summed E-state index contributed by atoms with van der Waals surface area (Å²) in [6.45, 7) is 2.48. The maximum absolute atomic E-state index is 12.0. The molecule has 0 bridgehead atoms. The summed E-state index contributed by atoms with van der Waals surface area (Å²) in [6.07, 6.45) is 2.91. The Morgan fingerprint density at radius 3 is 2.72 bits per heavy atom. The first kappa shape index (κ1) is 20.7. The molecular weight excluding hydrogens is 386 g/mol. The van der Waals surface area contributed by atoms with E-state index in [1.54, 1.807) is 6.20 Å². The maximum atomic E-state index is 12.0. The Balaban J connectivity index is 1.32. The molecule has 0 saturated carbocycles. The number of ether oxygens (including phenoxy) is 1. The summed E-state index contributed by atoms with van der Waals surface area (Å²) < 4.78 is 5.18. The molecule has 3 aromatic rings. The monoisotopic (exact) mass is 409 g/mol. The van der Waals surface area contributed by atoms with Gasteiger partial charge in [0.25, 0.3) is 0 Å². The van der Waals surface area contributed by atoms with E-state index < -0.39 is 0 Å². The number of carbonyl (C=O) groups excluding carboxylic acids is 2. The highest BCUT2D eigenvalue weighted by Crippen LogP contribution is 2.21. The Labute approximate surface area is 174 Å². The molecule has 0 spiro atoms. The van der Waals surface area contributed by atoms with E-state index >= 15 is 0 Å². The number of thiazole rings is 1. The van der Waals surface area contributed by atoms with Crippen LogP contribution in [0.25, 0.3) is 10.7 Å². The predicted molar refractivity (Wildman–Crippen MR) is 113 cm³/mol. The lowest BCUT2D eigenvalue weighted by molar-refractivity contribution is -0.143. The van der Waals surface area contributed by atoms with E-state index in [4.69, 9.17) is 4.74 Å². The van der Waals surface area contributed by atoms with Gasteiger partial charge in [-0.1, -0.05) is 35.9 Å². The predicted octanol–water partition coefficient (Wildman–Crippen LogP) is 3.35. The van der Waals surface area contributed by atoms with E-state index in [2.05, 4.69) is 15.3 Å². The second kappa shape index (κ2) is 10.5. The zero-order valence-corrected chi connectivity index (χ0v) is 17.1. The summed E-state index contributed by atoms with van der Waals surface area (Å²) >= 11 is 1.44. The smallest absolute Gasteiger partial charge is 0.311 e. The van der Waals surface area contributed by atoms with Gasteiger partial charge >= 0.3 is 5.97 Å². The second-order valence-corrected chi connectivity index (χ2v) is 7.45. The minimum absolute atomic E-state index is 0.0545. The average Bonchev–Trinajstić information content (AvgIpc) is 3.20. The van der Waals surface area contributed by atoms with Crippen molar-refractivity contribution in [2.75, 3.05) is 13.2 Å². The standard InChI is InChI=1S/C22H23N3O3S/c1-16-5-7-17(8-6-16)9-10-20(26)24-12-13-28-21(27)14-18-15-29-22(25-18)19-4-2-3-11-23-19/h2-8,11,15H,9-10,12-14H2,1H3,(H,24,26). The van der Waals surface area contributed by atoms with Gasteiger partial charge in [0.1, 0.15) is 11.6 Å². The van der Waals surface area contributed by atoms with Gasteiger partial charge in [0.05, 0.1) is 24.4 Å². The molecule has 3 rings (SSSR count). The number of rotatable bonds is 9. The van der Waals surface area contributed by atoms with Crippen LogP contribution in [0.3, 0.4) is 0 Å². The third-order valence-electron chi connectivity index (χ3n) is 4.21. The summed E-state index contributed by atoms with van der Waals surface area (Å²) in [5.74, 6) is -0.419. The molecule has 0 aliphatic rings. The summed E-state index contributed by atoms with van der Waals surface area (Å²) in [5.41, 5.74) is 3.77. The molecule has 2 aromatic heterocycles. The molecular formula is C22H23N3O3S. The number of hydrogen-bond acceptors (Lipinski definition) is 6. The van der Waals surface area contributed by atoms with Gasteiger partial charge < -0.3 is 10.1 Å². The number of pyridine rings is 1. The van der Waals surface area contributed by atoms with Crippen LogP contribution in [0.15, 0.2) is 54.0 Å². The van der Waals surface area contributed by atoms with Gasteiger partial charge in [0, 0.05) is 18.0 Å². The number of esters is 1. The summed E-state index contributed by atoms with van der Waals surface area (Å²) in [5, 5.41) is 5.38. The van der Waals surface area contributed by atoms with Crippen molar-refractivity contribution in [3.8, 4) is 10.7 Å². The molecule has 0 aliphatic heterocycles. The van der Waals surface area contributed by atoms with E-state index in [1.165, 1.54) is 16.9 Å². The van der Waals surface area contributed by atoms with Crippen LogP contribution >= 0.6 is 11.3 Å². The average molecular weight is 410 g/mol. The van der Waals surface area contributed by atoms with Gasteiger partial charge in [-0.3, -0.25) is 14.6 Å². The Kier molecular flexibility index (Phi) is 7.47. The largest absolute Gasteiger partial charge is 0.464 e. The fraction of sp³-hybridized carbons (Fsp3) is 0.273. The molecule has 2 heterocycles. The van der Waals surface area contributed by atoms with Crippen molar-refractivity contribution < 1.29 is 14.3 Å². The van der Waals surface area contributed by atoms with E-state index in [9.17, 15) is 9.59 Å². The quantitative estimate of drug-likeness (QED) is 0.433. The van der Waals surface area contributed by atoms with Gasteiger partial charge in [-0.05, 0) is 31.0 Å². The Hall–Kier alpha value is -3.06. The molecule has 0 radical (unpaired) electrons. The molecule has 6 nitrogen and oxygen atoms in total. The van der Waals surface area contributed by atoms with Crippen LogP contribution in [0, 0.1) is 6.92 Å². The molecule has 150 valence electrons. The van der Waals surface area contributed by atoms with Crippen LogP contribution in [-0.4, -0.2) is 35.0 Å². The first-order valence-electron chi connectivity index (χ1n) is 9.44. The Morgan fingerprint density at radius 2 is 1.97 bits per heavy atom.